The Bertz CT molecular complexity index is 1170. The summed E-state index contributed by atoms with van der Waals surface area (Å²) in [5, 5.41) is 3.66. The zero-order valence-corrected chi connectivity index (χ0v) is 23.2. The third kappa shape index (κ3) is 8.38. The number of carbonyl (C=O) groups excluding carboxylic acids is 2. The number of hydrogen-bond acceptors (Lipinski definition) is 3. The Morgan fingerprint density at radius 2 is 1.72 bits per heavy atom. The van der Waals surface area contributed by atoms with Crippen LogP contribution in [0.4, 0.5) is 0 Å². The Labute approximate surface area is 226 Å². The Morgan fingerprint density at radius 3 is 2.39 bits per heavy atom. The first-order valence-corrected chi connectivity index (χ1v) is 13.1. The van der Waals surface area contributed by atoms with Crippen molar-refractivity contribution in [2.24, 2.45) is 5.92 Å². The minimum atomic E-state index is -0.701. The highest BCUT2D eigenvalue weighted by Gasteiger charge is 2.30. The lowest BCUT2D eigenvalue weighted by Crippen LogP contribution is -2.52. The van der Waals surface area contributed by atoms with Crippen molar-refractivity contribution in [2.75, 3.05) is 13.2 Å². The van der Waals surface area contributed by atoms with Crippen molar-refractivity contribution in [3.63, 3.8) is 0 Å². The maximum Gasteiger partial charge on any atom is 0.261 e. The molecule has 0 saturated heterocycles. The van der Waals surface area contributed by atoms with Gasteiger partial charge in [-0.3, -0.25) is 9.59 Å². The van der Waals surface area contributed by atoms with E-state index in [1.54, 1.807) is 23.1 Å². The van der Waals surface area contributed by atoms with Crippen LogP contribution in [-0.2, 0) is 22.6 Å². The number of hydrogen-bond donors (Lipinski definition) is 1. The van der Waals surface area contributed by atoms with Crippen LogP contribution < -0.4 is 10.1 Å². The molecule has 0 saturated carbocycles. The van der Waals surface area contributed by atoms with E-state index in [0.717, 1.165) is 21.2 Å². The average molecular weight is 572 g/mol. The lowest BCUT2D eigenvalue weighted by Gasteiger charge is -2.31. The van der Waals surface area contributed by atoms with E-state index in [-0.39, 0.29) is 30.9 Å². The highest BCUT2D eigenvalue weighted by Crippen LogP contribution is 2.22. The molecule has 3 rings (SSSR count). The molecule has 1 N–H and O–H groups in total. The van der Waals surface area contributed by atoms with E-state index >= 15 is 0 Å². The van der Waals surface area contributed by atoms with Gasteiger partial charge < -0.3 is 15.0 Å². The van der Waals surface area contributed by atoms with Gasteiger partial charge in [0.15, 0.2) is 6.61 Å². The summed E-state index contributed by atoms with van der Waals surface area (Å²) >= 11 is 9.63. The molecule has 1 unspecified atom stereocenters. The third-order valence-electron chi connectivity index (χ3n) is 5.69. The number of halogens is 2. The summed E-state index contributed by atoms with van der Waals surface area (Å²) in [6, 6.07) is 22.1. The molecule has 0 aliphatic heterocycles. The number of ether oxygens (including phenoxy) is 1. The van der Waals surface area contributed by atoms with Crippen LogP contribution in [0, 0.1) is 12.8 Å². The normalized spacial score (nSPS) is 11.7. The van der Waals surface area contributed by atoms with Gasteiger partial charge >= 0.3 is 0 Å². The molecular formula is C29H32BrClN2O3. The predicted octanol–water partition coefficient (Wildman–Crippen LogP) is 6.20. The van der Waals surface area contributed by atoms with Gasteiger partial charge in [0.05, 0.1) is 0 Å². The zero-order valence-electron chi connectivity index (χ0n) is 20.8. The van der Waals surface area contributed by atoms with Crippen molar-refractivity contribution in [3.8, 4) is 5.75 Å². The molecule has 2 amide bonds. The molecule has 0 aromatic heterocycles. The van der Waals surface area contributed by atoms with Crippen LogP contribution in [-0.4, -0.2) is 35.9 Å². The number of carbonyl (C=O) groups is 2. The van der Waals surface area contributed by atoms with Crippen molar-refractivity contribution in [1.29, 1.82) is 0 Å². The second-order valence-electron chi connectivity index (χ2n) is 9.20. The summed E-state index contributed by atoms with van der Waals surface area (Å²) in [4.78, 5) is 28.7. The molecule has 0 aliphatic rings. The van der Waals surface area contributed by atoms with Crippen LogP contribution in [0.25, 0.3) is 0 Å². The Kier molecular flexibility index (Phi) is 10.4. The number of benzene rings is 3. The minimum absolute atomic E-state index is 0.182. The maximum atomic E-state index is 13.6. The Balaban J connectivity index is 1.90. The van der Waals surface area contributed by atoms with E-state index in [2.05, 4.69) is 21.2 Å². The topological polar surface area (TPSA) is 58.6 Å². The molecule has 5 nitrogen and oxygen atoms in total. The molecular weight excluding hydrogens is 540 g/mol. The molecule has 0 bridgehead atoms. The lowest BCUT2D eigenvalue weighted by molar-refractivity contribution is -0.142. The fourth-order valence-corrected chi connectivity index (χ4v) is 4.31. The number of nitrogens with one attached hydrogen (secondary N) is 1. The smallest absolute Gasteiger partial charge is 0.261 e. The van der Waals surface area contributed by atoms with Gasteiger partial charge in [-0.15, -0.1) is 0 Å². The number of aryl methyl sites for hydroxylation is 1. The van der Waals surface area contributed by atoms with Crippen molar-refractivity contribution >= 4 is 39.3 Å². The summed E-state index contributed by atoms with van der Waals surface area (Å²) in [5.74, 6) is 0.384. The SMILES string of the molecule is Cc1cc(OCC(=O)N(Cc2cccc(Br)c2)C(Cc2ccccc2)C(=O)NCC(C)C)ccc1Cl. The summed E-state index contributed by atoms with van der Waals surface area (Å²) in [6.45, 7) is 6.57. The van der Waals surface area contributed by atoms with Crippen LogP contribution in [0.5, 0.6) is 5.75 Å². The first-order chi connectivity index (χ1) is 17.2. The van der Waals surface area contributed by atoms with E-state index in [0.29, 0.717) is 23.7 Å². The van der Waals surface area contributed by atoms with Gasteiger partial charge in [0.1, 0.15) is 11.8 Å². The molecule has 1 atom stereocenters. The van der Waals surface area contributed by atoms with Crippen LogP contribution in [0.3, 0.4) is 0 Å². The molecule has 3 aromatic carbocycles. The highest BCUT2D eigenvalue weighted by atomic mass is 79.9. The van der Waals surface area contributed by atoms with Gasteiger partial charge in [0.2, 0.25) is 5.91 Å². The minimum Gasteiger partial charge on any atom is -0.484 e. The molecule has 190 valence electrons. The lowest BCUT2D eigenvalue weighted by atomic mass is 10.0. The fraction of sp³-hybridized carbons (Fsp3) is 0.310. The fourth-order valence-electron chi connectivity index (χ4n) is 3.74. The van der Waals surface area contributed by atoms with Gasteiger partial charge in [-0.2, -0.15) is 0 Å². The molecule has 7 heteroatoms. The molecule has 3 aromatic rings. The molecule has 0 fully saturated rings. The van der Waals surface area contributed by atoms with Gasteiger partial charge in [-0.25, -0.2) is 0 Å². The van der Waals surface area contributed by atoms with Crippen LogP contribution in [0.15, 0.2) is 77.3 Å². The molecule has 0 spiro atoms. The van der Waals surface area contributed by atoms with Crippen molar-refractivity contribution in [2.45, 2.75) is 39.8 Å². The maximum absolute atomic E-state index is 13.6. The van der Waals surface area contributed by atoms with E-state index < -0.39 is 6.04 Å². The third-order valence-corrected chi connectivity index (χ3v) is 6.61. The first-order valence-electron chi connectivity index (χ1n) is 12.0. The van der Waals surface area contributed by atoms with Crippen LogP contribution in [0.1, 0.15) is 30.5 Å². The van der Waals surface area contributed by atoms with Gasteiger partial charge in [-0.05, 0) is 59.9 Å². The van der Waals surface area contributed by atoms with Crippen LogP contribution in [0.2, 0.25) is 5.02 Å². The van der Waals surface area contributed by atoms with Gasteiger partial charge in [0.25, 0.3) is 5.91 Å². The van der Waals surface area contributed by atoms with Gasteiger partial charge in [-0.1, -0.05) is 83.8 Å². The van der Waals surface area contributed by atoms with Crippen molar-refractivity contribution in [1.82, 2.24) is 10.2 Å². The first kappa shape index (κ1) is 27.8. The summed E-state index contributed by atoms with van der Waals surface area (Å²) in [7, 11) is 0. The quantitative estimate of drug-likeness (QED) is 0.298. The molecule has 0 aliphatic carbocycles. The second-order valence-corrected chi connectivity index (χ2v) is 10.5. The zero-order chi connectivity index (χ0) is 26.1. The summed E-state index contributed by atoms with van der Waals surface area (Å²) in [6.07, 6.45) is 0.393. The average Bonchev–Trinajstić information content (AvgIpc) is 2.86. The number of nitrogens with zero attached hydrogens (tertiary/aromatic N) is 1. The standard InChI is InChI=1S/C29H32BrClN2O3/c1-20(2)17-32-29(35)27(16-22-8-5-4-6-9-22)33(18-23-10-7-11-24(30)15-23)28(34)19-36-25-12-13-26(31)21(3)14-25/h4-15,20,27H,16-19H2,1-3H3,(H,32,35). The van der Waals surface area contributed by atoms with Crippen molar-refractivity contribution in [3.05, 3.63) is 99.0 Å². The highest BCUT2D eigenvalue weighted by molar-refractivity contribution is 9.10. The summed E-state index contributed by atoms with van der Waals surface area (Å²) < 4.78 is 6.74. The predicted molar refractivity (Wildman–Crippen MR) is 148 cm³/mol. The largest absolute Gasteiger partial charge is 0.484 e. The van der Waals surface area contributed by atoms with E-state index in [4.69, 9.17) is 16.3 Å². The summed E-state index contributed by atoms with van der Waals surface area (Å²) in [5.41, 5.74) is 2.75. The molecule has 0 heterocycles. The number of rotatable bonds is 11. The van der Waals surface area contributed by atoms with Crippen LogP contribution >= 0.6 is 27.5 Å². The molecule has 36 heavy (non-hydrogen) atoms. The van der Waals surface area contributed by atoms with Gasteiger partial charge in [0, 0.05) is 29.0 Å². The van der Waals surface area contributed by atoms with E-state index in [1.165, 1.54) is 0 Å². The Hall–Kier alpha value is -2.83. The number of amides is 2. The monoisotopic (exact) mass is 570 g/mol. The van der Waals surface area contributed by atoms with Crippen molar-refractivity contribution < 1.29 is 14.3 Å². The Morgan fingerprint density at radius 1 is 1.00 bits per heavy atom. The van der Waals surface area contributed by atoms with E-state index in [1.807, 2.05) is 75.4 Å². The second kappa shape index (κ2) is 13.5. The van der Waals surface area contributed by atoms with E-state index in [9.17, 15) is 9.59 Å². The molecule has 0 radical (unpaired) electrons.